The number of aromatic nitrogens is 2. The topological polar surface area (TPSA) is 55.3 Å². The van der Waals surface area contributed by atoms with Crippen LogP contribution in [0.3, 0.4) is 0 Å². The minimum atomic E-state index is 0.0776. The minimum Gasteiger partial charge on any atom is -0.475 e. The lowest BCUT2D eigenvalue weighted by Gasteiger charge is -2.19. The normalized spacial score (nSPS) is 14.5. The smallest absolute Gasteiger partial charge is 0.227 e. The van der Waals surface area contributed by atoms with Gasteiger partial charge in [0.05, 0.1) is 18.2 Å². The molecule has 122 valence electrons. The highest BCUT2D eigenvalue weighted by Crippen LogP contribution is 2.23. The summed E-state index contributed by atoms with van der Waals surface area (Å²) in [5.41, 5.74) is 2.05. The highest BCUT2D eigenvalue weighted by molar-refractivity contribution is 7.10. The van der Waals surface area contributed by atoms with Gasteiger partial charge < -0.3 is 9.64 Å². The SMILES string of the molecule is CC(C)Oc1ncnc2c1CCN(C(=O)Cc1cccs1)CC2. The Morgan fingerprint density at radius 2 is 2.17 bits per heavy atom. The van der Waals surface area contributed by atoms with Crippen LogP contribution in [-0.4, -0.2) is 40.0 Å². The first kappa shape index (κ1) is 15.9. The number of rotatable bonds is 4. The Hall–Kier alpha value is -1.95. The summed E-state index contributed by atoms with van der Waals surface area (Å²) in [5.74, 6) is 0.845. The molecule has 0 N–H and O–H groups in total. The van der Waals surface area contributed by atoms with Gasteiger partial charge in [-0.3, -0.25) is 4.79 Å². The lowest BCUT2D eigenvalue weighted by atomic mass is 10.1. The summed E-state index contributed by atoms with van der Waals surface area (Å²) in [6.45, 7) is 5.37. The van der Waals surface area contributed by atoms with Gasteiger partial charge in [0.2, 0.25) is 11.8 Å². The van der Waals surface area contributed by atoms with E-state index in [4.69, 9.17) is 4.74 Å². The van der Waals surface area contributed by atoms with Crippen LogP contribution in [0.25, 0.3) is 0 Å². The number of nitrogens with zero attached hydrogens (tertiary/aromatic N) is 3. The van der Waals surface area contributed by atoms with Gasteiger partial charge in [-0.25, -0.2) is 9.97 Å². The van der Waals surface area contributed by atoms with E-state index in [0.717, 1.165) is 29.0 Å². The molecule has 0 spiro atoms. The number of carbonyl (C=O) groups excluding carboxylic acids is 1. The Balaban J connectivity index is 1.71. The van der Waals surface area contributed by atoms with E-state index in [2.05, 4.69) is 9.97 Å². The van der Waals surface area contributed by atoms with Gasteiger partial charge in [0.1, 0.15) is 6.33 Å². The fourth-order valence-corrected chi connectivity index (χ4v) is 3.44. The van der Waals surface area contributed by atoms with Crippen LogP contribution in [0.4, 0.5) is 0 Å². The van der Waals surface area contributed by atoms with Gasteiger partial charge in [-0.15, -0.1) is 11.3 Å². The number of ether oxygens (including phenoxy) is 1. The molecule has 0 saturated heterocycles. The molecular weight excluding hydrogens is 310 g/mol. The van der Waals surface area contributed by atoms with Gasteiger partial charge in [0, 0.05) is 30.0 Å². The fraction of sp³-hybridized carbons (Fsp3) is 0.471. The van der Waals surface area contributed by atoms with Gasteiger partial charge in [-0.1, -0.05) is 6.07 Å². The molecule has 2 aromatic heterocycles. The zero-order valence-electron chi connectivity index (χ0n) is 13.5. The molecule has 1 aliphatic heterocycles. The molecule has 0 bridgehead atoms. The van der Waals surface area contributed by atoms with Crippen LogP contribution >= 0.6 is 11.3 Å². The highest BCUT2D eigenvalue weighted by Gasteiger charge is 2.22. The summed E-state index contributed by atoms with van der Waals surface area (Å²) >= 11 is 1.63. The lowest BCUT2D eigenvalue weighted by molar-refractivity contribution is -0.130. The van der Waals surface area contributed by atoms with E-state index in [1.54, 1.807) is 17.7 Å². The second kappa shape index (κ2) is 7.08. The molecular formula is C17H21N3O2S. The predicted molar refractivity (Wildman–Crippen MR) is 89.8 cm³/mol. The lowest BCUT2D eigenvalue weighted by Crippen LogP contribution is -2.34. The summed E-state index contributed by atoms with van der Waals surface area (Å²) in [6, 6.07) is 3.99. The Morgan fingerprint density at radius 3 is 2.91 bits per heavy atom. The maximum atomic E-state index is 12.5. The largest absolute Gasteiger partial charge is 0.475 e. The maximum Gasteiger partial charge on any atom is 0.227 e. The van der Waals surface area contributed by atoms with Crippen LogP contribution in [0.1, 0.15) is 30.0 Å². The minimum absolute atomic E-state index is 0.0776. The second-order valence-corrected chi connectivity index (χ2v) is 6.94. The molecule has 1 aliphatic rings. The first-order valence-corrected chi connectivity index (χ1v) is 8.81. The fourth-order valence-electron chi connectivity index (χ4n) is 2.74. The molecule has 0 aliphatic carbocycles. The molecule has 0 unspecified atom stereocenters. The molecule has 6 heteroatoms. The highest BCUT2D eigenvalue weighted by atomic mass is 32.1. The molecule has 0 fully saturated rings. The molecule has 0 radical (unpaired) electrons. The molecule has 5 nitrogen and oxygen atoms in total. The van der Waals surface area contributed by atoms with Crippen molar-refractivity contribution in [1.29, 1.82) is 0 Å². The van der Waals surface area contributed by atoms with Gasteiger partial charge in [0.25, 0.3) is 0 Å². The Morgan fingerprint density at radius 1 is 1.35 bits per heavy atom. The predicted octanol–water partition coefficient (Wildman–Crippen LogP) is 2.50. The van der Waals surface area contributed by atoms with Crippen molar-refractivity contribution in [2.45, 2.75) is 39.2 Å². The first-order valence-electron chi connectivity index (χ1n) is 7.93. The maximum absolute atomic E-state index is 12.5. The number of hydrogen-bond donors (Lipinski definition) is 0. The number of fused-ring (bicyclic) bond motifs is 1. The van der Waals surface area contributed by atoms with Crippen LogP contribution in [0.5, 0.6) is 5.88 Å². The molecule has 0 atom stereocenters. The molecule has 3 heterocycles. The van der Waals surface area contributed by atoms with Gasteiger partial charge >= 0.3 is 0 Å². The van der Waals surface area contributed by atoms with E-state index in [9.17, 15) is 4.79 Å². The van der Waals surface area contributed by atoms with Crippen molar-refractivity contribution >= 4 is 17.2 Å². The zero-order valence-corrected chi connectivity index (χ0v) is 14.3. The third kappa shape index (κ3) is 3.88. The van der Waals surface area contributed by atoms with Crippen LogP contribution in [0, 0.1) is 0 Å². The first-order chi connectivity index (χ1) is 11.1. The average molecular weight is 331 g/mol. The third-order valence-corrected chi connectivity index (χ3v) is 4.73. The molecule has 1 amide bonds. The summed E-state index contributed by atoms with van der Waals surface area (Å²) in [7, 11) is 0. The quantitative estimate of drug-likeness (QED) is 0.864. The standard InChI is InChI=1S/C17H21N3O2S/c1-12(2)22-17-14-5-7-20(8-6-15(14)18-11-19-17)16(21)10-13-4-3-9-23-13/h3-4,9,11-12H,5-8,10H2,1-2H3. The average Bonchev–Trinajstić information content (AvgIpc) is 2.91. The molecule has 2 aromatic rings. The monoisotopic (exact) mass is 331 g/mol. The van der Waals surface area contributed by atoms with E-state index >= 15 is 0 Å². The Labute approximate surface area is 140 Å². The summed E-state index contributed by atoms with van der Waals surface area (Å²) in [6.07, 6.45) is 3.61. The van der Waals surface area contributed by atoms with Gasteiger partial charge in [0.15, 0.2) is 0 Å². The zero-order chi connectivity index (χ0) is 16.2. The van der Waals surface area contributed by atoms with Crippen molar-refractivity contribution in [1.82, 2.24) is 14.9 Å². The van der Waals surface area contributed by atoms with Crippen LogP contribution < -0.4 is 4.74 Å². The van der Waals surface area contributed by atoms with Crippen molar-refractivity contribution in [3.8, 4) is 5.88 Å². The number of amides is 1. The molecule has 23 heavy (non-hydrogen) atoms. The molecule has 0 saturated carbocycles. The second-order valence-electron chi connectivity index (χ2n) is 5.91. The van der Waals surface area contributed by atoms with Crippen molar-refractivity contribution in [3.63, 3.8) is 0 Å². The number of thiophene rings is 1. The Bertz CT molecular complexity index is 670. The van der Waals surface area contributed by atoms with E-state index in [1.807, 2.05) is 36.3 Å². The molecule has 0 aromatic carbocycles. The van der Waals surface area contributed by atoms with E-state index in [1.165, 1.54) is 0 Å². The molecule has 3 rings (SSSR count). The van der Waals surface area contributed by atoms with Crippen molar-refractivity contribution in [2.24, 2.45) is 0 Å². The van der Waals surface area contributed by atoms with E-state index < -0.39 is 0 Å². The Kier molecular flexibility index (Phi) is 4.91. The van der Waals surface area contributed by atoms with Crippen molar-refractivity contribution in [2.75, 3.05) is 13.1 Å². The summed E-state index contributed by atoms with van der Waals surface area (Å²) in [5, 5.41) is 2.01. The summed E-state index contributed by atoms with van der Waals surface area (Å²) < 4.78 is 5.80. The van der Waals surface area contributed by atoms with E-state index in [-0.39, 0.29) is 12.0 Å². The third-order valence-electron chi connectivity index (χ3n) is 3.85. The van der Waals surface area contributed by atoms with Crippen molar-refractivity contribution in [3.05, 3.63) is 40.0 Å². The van der Waals surface area contributed by atoms with Crippen LogP contribution in [0.15, 0.2) is 23.8 Å². The van der Waals surface area contributed by atoms with Crippen LogP contribution in [-0.2, 0) is 24.1 Å². The number of carbonyl (C=O) groups is 1. The van der Waals surface area contributed by atoms with Crippen molar-refractivity contribution < 1.29 is 9.53 Å². The van der Waals surface area contributed by atoms with E-state index in [0.29, 0.717) is 25.4 Å². The van der Waals surface area contributed by atoms with Gasteiger partial charge in [-0.05, 0) is 31.7 Å². The van der Waals surface area contributed by atoms with Gasteiger partial charge in [-0.2, -0.15) is 0 Å². The number of hydrogen-bond acceptors (Lipinski definition) is 5. The van der Waals surface area contributed by atoms with Crippen LogP contribution in [0.2, 0.25) is 0 Å². The summed E-state index contributed by atoms with van der Waals surface area (Å²) in [4.78, 5) is 24.2.